The predicted molar refractivity (Wildman–Crippen MR) is 135 cm³/mol. The van der Waals surface area contributed by atoms with Gasteiger partial charge in [-0.2, -0.15) is 0 Å². The van der Waals surface area contributed by atoms with Crippen LogP contribution in [0.15, 0.2) is 83.4 Å². The maximum absolute atomic E-state index is 12.7. The van der Waals surface area contributed by atoms with Crippen LogP contribution in [0.1, 0.15) is 50.2 Å². The Kier molecular flexibility index (Phi) is 6.21. The van der Waals surface area contributed by atoms with Gasteiger partial charge in [-0.1, -0.05) is 40.2 Å². The van der Waals surface area contributed by atoms with Gasteiger partial charge >= 0.3 is 5.97 Å². The number of Topliss-reactive ketones (excluding diaryl/α,β-unsaturated/α-hetero) is 1. The van der Waals surface area contributed by atoms with Crippen molar-refractivity contribution in [3.63, 3.8) is 0 Å². The molecule has 0 amide bonds. The number of benzene rings is 3. The molecule has 0 saturated carbocycles. The first kappa shape index (κ1) is 23.0. The number of fused-ring (bicyclic) bond motifs is 3. The fraction of sp³-hybridized carbons (Fsp3) is 0.185. The molecule has 0 saturated heterocycles. The fourth-order valence-electron chi connectivity index (χ4n) is 4.79. The van der Waals surface area contributed by atoms with Crippen LogP contribution in [-0.2, 0) is 4.74 Å². The zero-order valence-electron chi connectivity index (χ0n) is 18.5. The lowest BCUT2D eigenvalue weighted by Crippen LogP contribution is -2.29. The van der Waals surface area contributed by atoms with Crippen LogP contribution in [0.4, 0.5) is 11.4 Å². The third kappa shape index (κ3) is 4.61. The van der Waals surface area contributed by atoms with E-state index in [1.165, 1.54) is 29.8 Å². The van der Waals surface area contributed by atoms with Gasteiger partial charge in [0.05, 0.1) is 16.5 Å². The maximum Gasteiger partial charge on any atom is 0.338 e. The van der Waals surface area contributed by atoms with Crippen molar-refractivity contribution in [3.05, 3.63) is 116 Å². The summed E-state index contributed by atoms with van der Waals surface area (Å²) in [4.78, 5) is 35.3. The van der Waals surface area contributed by atoms with Crippen molar-refractivity contribution in [3.8, 4) is 0 Å². The standard InChI is InChI=1S/C27H21BrN2O5/c28-19-9-4-17(5-10-19)26-22-3-1-2-21(22)23-14-18(8-13-24(23)29-26)27(32)35-15-25(31)16-6-11-20(12-7-16)30(33)34/h1-2,4-14,21-22,26,29H,3,15H2/t21-,22-,26+/m1/s1. The molecule has 1 N–H and O–H groups in total. The summed E-state index contributed by atoms with van der Waals surface area (Å²) in [5.41, 5.74) is 3.74. The Morgan fingerprint density at radius 1 is 1.03 bits per heavy atom. The van der Waals surface area contributed by atoms with Gasteiger partial charge in [-0.15, -0.1) is 0 Å². The monoisotopic (exact) mass is 532 g/mol. The van der Waals surface area contributed by atoms with Crippen molar-refractivity contribution in [2.24, 2.45) is 5.92 Å². The van der Waals surface area contributed by atoms with Crippen molar-refractivity contribution < 1.29 is 19.2 Å². The van der Waals surface area contributed by atoms with Crippen LogP contribution >= 0.6 is 15.9 Å². The molecule has 2 aliphatic rings. The summed E-state index contributed by atoms with van der Waals surface area (Å²) < 4.78 is 6.30. The lowest BCUT2D eigenvalue weighted by Gasteiger charge is -2.37. The van der Waals surface area contributed by atoms with Crippen LogP contribution < -0.4 is 5.32 Å². The average Bonchev–Trinajstić information content (AvgIpc) is 3.37. The second-order valence-electron chi connectivity index (χ2n) is 8.63. The van der Waals surface area contributed by atoms with E-state index in [9.17, 15) is 19.7 Å². The van der Waals surface area contributed by atoms with Gasteiger partial charge in [-0.05, 0) is 65.9 Å². The SMILES string of the molecule is O=C(COC(=O)c1ccc2c(c1)[C@@H]1C=CC[C@H]1[C@H](c1ccc(Br)cc1)N2)c1ccc([N+](=O)[O-])cc1. The number of nitrogens with one attached hydrogen (secondary N) is 1. The Morgan fingerprint density at radius 2 is 1.74 bits per heavy atom. The number of nitro benzene ring substituents is 1. The molecule has 0 fully saturated rings. The number of ketones is 1. The Morgan fingerprint density at radius 3 is 2.46 bits per heavy atom. The number of nitro groups is 1. The molecule has 7 nitrogen and oxygen atoms in total. The van der Waals surface area contributed by atoms with Gasteiger partial charge < -0.3 is 10.1 Å². The van der Waals surface area contributed by atoms with E-state index in [-0.39, 0.29) is 23.2 Å². The number of non-ortho nitro benzene ring substituents is 1. The number of hydrogen-bond donors (Lipinski definition) is 1. The van der Waals surface area contributed by atoms with Gasteiger partial charge in [0.15, 0.2) is 12.4 Å². The number of esters is 1. The van der Waals surface area contributed by atoms with E-state index in [0.717, 1.165) is 22.1 Å². The third-order valence-electron chi connectivity index (χ3n) is 6.56. The maximum atomic E-state index is 12.7. The number of allylic oxidation sites excluding steroid dienone is 2. The second-order valence-corrected chi connectivity index (χ2v) is 9.55. The molecular weight excluding hydrogens is 512 g/mol. The largest absolute Gasteiger partial charge is 0.454 e. The molecule has 35 heavy (non-hydrogen) atoms. The van der Waals surface area contributed by atoms with E-state index in [1.807, 2.05) is 24.3 Å². The van der Waals surface area contributed by atoms with Crippen molar-refractivity contribution >= 4 is 39.1 Å². The minimum absolute atomic E-state index is 0.108. The van der Waals surface area contributed by atoms with Crippen LogP contribution in [0, 0.1) is 16.0 Å². The molecule has 5 rings (SSSR count). The lowest BCUT2D eigenvalue weighted by atomic mass is 9.76. The van der Waals surface area contributed by atoms with Crippen LogP contribution in [-0.4, -0.2) is 23.3 Å². The van der Waals surface area contributed by atoms with E-state index in [4.69, 9.17) is 4.74 Å². The second kappa shape index (κ2) is 9.46. The van der Waals surface area contributed by atoms with E-state index in [0.29, 0.717) is 11.5 Å². The first-order valence-corrected chi connectivity index (χ1v) is 12.0. The molecule has 1 heterocycles. The summed E-state index contributed by atoms with van der Waals surface area (Å²) in [5, 5.41) is 14.4. The highest BCUT2D eigenvalue weighted by molar-refractivity contribution is 9.10. The van der Waals surface area contributed by atoms with Crippen molar-refractivity contribution in [1.29, 1.82) is 0 Å². The quantitative estimate of drug-likeness (QED) is 0.133. The zero-order valence-corrected chi connectivity index (χ0v) is 20.1. The fourth-order valence-corrected chi connectivity index (χ4v) is 5.05. The van der Waals surface area contributed by atoms with Crippen LogP contribution in [0.2, 0.25) is 0 Å². The molecule has 3 atom stereocenters. The summed E-state index contributed by atoms with van der Waals surface area (Å²) in [6, 6.07) is 19.1. The topological polar surface area (TPSA) is 98.5 Å². The van der Waals surface area contributed by atoms with E-state index in [1.54, 1.807) is 6.07 Å². The van der Waals surface area contributed by atoms with Gasteiger partial charge in [-0.3, -0.25) is 14.9 Å². The highest BCUT2D eigenvalue weighted by Gasteiger charge is 2.38. The Bertz CT molecular complexity index is 1330. The summed E-state index contributed by atoms with van der Waals surface area (Å²) in [6.07, 6.45) is 5.32. The number of rotatable bonds is 6. The molecule has 0 aromatic heterocycles. The van der Waals surface area contributed by atoms with Crippen LogP contribution in [0.5, 0.6) is 0 Å². The smallest absolute Gasteiger partial charge is 0.338 e. The number of hydrogen-bond acceptors (Lipinski definition) is 6. The predicted octanol–water partition coefficient (Wildman–Crippen LogP) is 6.22. The third-order valence-corrected chi connectivity index (χ3v) is 7.09. The highest BCUT2D eigenvalue weighted by Crippen LogP contribution is 2.50. The number of anilines is 1. The van der Waals surface area contributed by atoms with E-state index in [2.05, 4.69) is 45.5 Å². The van der Waals surface area contributed by atoms with E-state index < -0.39 is 23.3 Å². The molecule has 0 bridgehead atoms. The van der Waals surface area contributed by atoms with Crippen LogP contribution in [0.25, 0.3) is 0 Å². The Balaban J connectivity index is 1.30. The first-order chi connectivity index (χ1) is 16.9. The molecule has 1 aliphatic heterocycles. The van der Waals surface area contributed by atoms with Crippen LogP contribution in [0.3, 0.4) is 0 Å². The van der Waals surface area contributed by atoms with Gasteiger partial charge in [-0.25, -0.2) is 4.79 Å². The molecule has 0 unspecified atom stereocenters. The molecule has 0 radical (unpaired) electrons. The normalized spacial score (nSPS) is 19.9. The Labute approximate surface area is 210 Å². The molecule has 1 aliphatic carbocycles. The number of ether oxygens (including phenoxy) is 1. The van der Waals surface area contributed by atoms with Gasteiger partial charge in [0.2, 0.25) is 0 Å². The van der Waals surface area contributed by atoms with Gasteiger partial charge in [0.25, 0.3) is 5.69 Å². The zero-order chi connectivity index (χ0) is 24.5. The van der Waals surface area contributed by atoms with Crippen molar-refractivity contribution in [1.82, 2.24) is 0 Å². The summed E-state index contributed by atoms with van der Waals surface area (Å²) >= 11 is 3.49. The van der Waals surface area contributed by atoms with Gasteiger partial charge in [0, 0.05) is 33.8 Å². The summed E-state index contributed by atoms with van der Waals surface area (Å²) in [6.45, 7) is -0.441. The first-order valence-electron chi connectivity index (χ1n) is 11.2. The average molecular weight is 533 g/mol. The Hall–Kier alpha value is -3.78. The summed E-state index contributed by atoms with van der Waals surface area (Å²) in [7, 11) is 0. The van der Waals surface area contributed by atoms with E-state index >= 15 is 0 Å². The number of carbonyl (C=O) groups excluding carboxylic acids is 2. The molecule has 176 valence electrons. The summed E-state index contributed by atoms with van der Waals surface area (Å²) in [5.74, 6) is -0.506. The molecule has 8 heteroatoms. The van der Waals surface area contributed by atoms with Gasteiger partial charge in [0.1, 0.15) is 0 Å². The molecule has 3 aromatic rings. The number of halogens is 1. The molecular formula is C27H21BrN2O5. The highest BCUT2D eigenvalue weighted by atomic mass is 79.9. The minimum atomic E-state index is -0.586. The van der Waals surface area contributed by atoms with Crippen molar-refractivity contribution in [2.45, 2.75) is 18.4 Å². The van der Waals surface area contributed by atoms with Crippen molar-refractivity contribution in [2.75, 3.05) is 11.9 Å². The number of carbonyl (C=O) groups is 2. The molecule has 0 spiro atoms. The molecule has 3 aromatic carbocycles. The lowest BCUT2D eigenvalue weighted by molar-refractivity contribution is -0.384. The number of nitrogens with zero attached hydrogens (tertiary/aromatic N) is 1. The minimum Gasteiger partial charge on any atom is -0.454 e.